The fraction of sp³-hybridized carbons (Fsp3) is 0.467. The van der Waals surface area contributed by atoms with E-state index in [-0.39, 0.29) is 6.04 Å². The first-order valence-electron chi connectivity index (χ1n) is 7.09. The maximum Gasteiger partial charge on any atom is 0.315 e. The Bertz CT molecular complexity index is 553. The molecule has 2 aromatic rings. The van der Waals surface area contributed by atoms with Crippen molar-refractivity contribution in [1.29, 1.82) is 0 Å². The van der Waals surface area contributed by atoms with Crippen LogP contribution in [0.25, 0.3) is 0 Å². The van der Waals surface area contributed by atoms with Gasteiger partial charge >= 0.3 is 6.01 Å². The molecule has 1 aromatic heterocycles. The monoisotopic (exact) mass is 352 g/mol. The molecule has 6 heteroatoms. The molecular formula is C15H21BrN4O. The van der Waals surface area contributed by atoms with Crippen molar-refractivity contribution in [2.75, 3.05) is 11.9 Å². The van der Waals surface area contributed by atoms with Gasteiger partial charge in [-0.25, -0.2) is 0 Å². The van der Waals surface area contributed by atoms with E-state index < -0.39 is 0 Å². The van der Waals surface area contributed by atoms with Crippen molar-refractivity contribution < 1.29 is 4.42 Å². The molecule has 2 N–H and O–H groups in total. The highest BCUT2D eigenvalue weighted by Gasteiger charge is 2.10. The van der Waals surface area contributed by atoms with E-state index in [1.807, 2.05) is 12.1 Å². The summed E-state index contributed by atoms with van der Waals surface area (Å²) in [6.45, 7) is 7.91. The largest absolute Gasteiger partial charge is 0.407 e. The van der Waals surface area contributed by atoms with Gasteiger partial charge in [0.25, 0.3) is 0 Å². The predicted octanol–water partition coefficient (Wildman–Crippen LogP) is 3.75. The van der Waals surface area contributed by atoms with E-state index in [0.29, 0.717) is 24.4 Å². The van der Waals surface area contributed by atoms with Gasteiger partial charge in [-0.3, -0.25) is 0 Å². The average molecular weight is 353 g/mol. The Morgan fingerprint density at radius 2 is 1.86 bits per heavy atom. The molecule has 0 amide bonds. The van der Waals surface area contributed by atoms with Gasteiger partial charge in [0.05, 0.1) is 12.6 Å². The molecule has 0 bridgehead atoms. The third kappa shape index (κ3) is 5.13. The first-order chi connectivity index (χ1) is 10.0. The maximum atomic E-state index is 5.58. The number of hydrogen-bond acceptors (Lipinski definition) is 5. The third-order valence-electron chi connectivity index (χ3n) is 3.01. The van der Waals surface area contributed by atoms with Gasteiger partial charge in [0.2, 0.25) is 5.89 Å². The summed E-state index contributed by atoms with van der Waals surface area (Å²) in [6.07, 6.45) is 0. The van der Waals surface area contributed by atoms with Crippen LogP contribution in [0.1, 0.15) is 38.3 Å². The molecule has 1 atom stereocenters. The maximum absolute atomic E-state index is 5.58. The Hall–Kier alpha value is -1.40. The normalized spacial score (nSPS) is 12.6. The van der Waals surface area contributed by atoms with Gasteiger partial charge in [-0.05, 0) is 37.1 Å². The molecule has 2 rings (SSSR count). The Morgan fingerprint density at radius 1 is 1.14 bits per heavy atom. The van der Waals surface area contributed by atoms with Gasteiger partial charge in [-0.2, -0.15) is 0 Å². The van der Waals surface area contributed by atoms with Gasteiger partial charge in [-0.1, -0.05) is 47.0 Å². The van der Waals surface area contributed by atoms with Crippen molar-refractivity contribution >= 4 is 21.9 Å². The highest BCUT2D eigenvalue weighted by molar-refractivity contribution is 9.10. The van der Waals surface area contributed by atoms with Crippen LogP contribution in [-0.2, 0) is 6.54 Å². The van der Waals surface area contributed by atoms with E-state index in [0.717, 1.165) is 16.6 Å². The van der Waals surface area contributed by atoms with Crippen LogP contribution in [0.2, 0.25) is 0 Å². The summed E-state index contributed by atoms with van der Waals surface area (Å²) in [6, 6.07) is 8.71. The molecule has 1 aromatic carbocycles. The smallest absolute Gasteiger partial charge is 0.315 e. The van der Waals surface area contributed by atoms with E-state index in [1.165, 1.54) is 0 Å². The number of anilines is 1. The van der Waals surface area contributed by atoms with E-state index in [4.69, 9.17) is 4.42 Å². The molecule has 0 fully saturated rings. The molecule has 0 spiro atoms. The molecule has 0 aliphatic heterocycles. The summed E-state index contributed by atoms with van der Waals surface area (Å²) in [4.78, 5) is 0. The molecule has 114 valence electrons. The van der Waals surface area contributed by atoms with E-state index in [1.54, 1.807) is 0 Å². The minimum absolute atomic E-state index is 0.107. The van der Waals surface area contributed by atoms with Crippen molar-refractivity contribution in [1.82, 2.24) is 15.5 Å². The standard InChI is InChI=1S/C15H21BrN4O/c1-10(2)8-17-9-14-19-20-15(21-14)18-11(3)12-4-6-13(16)7-5-12/h4-7,10-11,17H,8-9H2,1-3H3,(H,18,20). The highest BCUT2D eigenvalue weighted by atomic mass is 79.9. The number of aromatic nitrogens is 2. The zero-order chi connectivity index (χ0) is 15.2. The molecule has 0 aliphatic carbocycles. The lowest BCUT2D eigenvalue weighted by Crippen LogP contribution is -2.19. The van der Waals surface area contributed by atoms with Crippen LogP contribution in [0.15, 0.2) is 33.2 Å². The van der Waals surface area contributed by atoms with Crippen LogP contribution in [0, 0.1) is 5.92 Å². The third-order valence-corrected chi connectivity index (χ3v) is 3.53. The van der Waals surface area contributed by atoms with Crippen molar-refractivity contribution in [3.8, 4) is 0 Å². The minimum Gasteiger partial charge on any atom is -0.407 e. The van der Waals surface area contributed by atoms with Crippen molar-refractivity contribution in [2.45, 2.75) is 33.4 Å². The van der Waals surface area contributed by atoms with Crippen LogP contribution in [0.5, 0.6) is 0 Å². The minimum atomic E-state index is 0.107. The summed E-state index contributed by atoms with van der Waals surface area (Å²) in [5, 5.41) is 14.5. The van der Waals surface area contributed by atoms with Crippen molar-refractivity contribution in [3.63, 3.8) is 0 Å². The second-order valence-electron chi connectivity index (χ2n) is 5.44. The molecule has 1 unspecified atom stereocenters. The van der Waals surface area contributed by atoms with Crippen molar-refractivity contribution in [3.05, 3.63) is 40.2 Å². The summed E-state index contributed by atoms with van der Waals surface area (Å²) in [5.74, 6) is 1.20. The van der Waals surface area contributed by atoms with Gasteiger partial charge in [0.15, 0.2) is 0 Å². The molecule has 1 heterocycles. The fourth-order valence-electron chi connectivity index (χ4n) is 1.87. The zero-order valence-electron chi connectivity index (χ0n) is 12.6. The summed E-state index contributed by atoms with van der Waals surface area (Å²) >= 11 is 3.43. The Labute approximate surface area is 133 Å². The van der Waals surface area contributed by atoms with E-state index in [2.05, 4.69) is 69.7 Å². The zero-order valence-corrected chi connectivity index (χ0v) is 14.1. The number of nitrogens with zero attached hydrogens (tertiary/aromatic N) is 2. The first-order valence-corrected chi connectivity index (χ1v) is 7.89. The van der Waals surface area contributed by atoms with Crippen LogP contribution in [-0.4, -0.2) is 16.7 Å². The van der Waals surface area contributed by atoms with Gasteiger partial charge in [0, 0.05) is 4.47 Å². The van der Waals surface area contributed by atoms with E-state index in [9.17, 15) is 0 Å². The van der Waals surface area contributed by atoms with Crippen molar-refractivity contribution in [2.24, 2.45) is 5.92 Å². The molecule has 0 saturated heterocycles. The topological polar surface area (TPSA) is 63.0 Å². The first kappa shape index (κ1) is 16.0. The highest BCUT2D eigenvalue weighted by Crippen LogP contribution is 2.20. The lowest BCUT2D eigenvalue weighted by Gasteiger charge is -2.12. The lowest BCUT2D eigenvalue weighted by molar-refractivity contribution is 0.456. The Balaban J connectivity index is 1.88. The predicted molar refractivity (Wildman–Crippen MR) is 87.0 cm³/mol. The Kier molecular flexibility index (Phi) is 5.76. The molecule has 5 nitrogen and oxygen atoms in total. The number of benzene rings is 1. The average Bonchev–Trinajstić information content (AvgIpc) is 2.86. The summed E-state index contributed by atoms with van der Waals surface area (Å²) < 4.78 is 6.64. The second kappa shape index (κ2) is 7.56. The lowest BCUT2D eigenvalue weighted by atomic mass is 10.1. The van der Waals surface area contributed by atoms with Gasteiger partial charge in [-0.15, -0.1) is 5.10 Å². The van der Waals surface area contributed by atoms with Gasteiger partial charge < -0.3 is 15.1 Å². The molecule has 21 heavy (non-hydrogen) atoms. The van der Waals surface area contributed by atoms with Crippen LogP contribution >= 0.6 is 15.9 Å². The molecule has 0 radical (unpaired) electrons. The summed E-state index contributed by atoms with van der Waals surface area (Å²) in [7, 11) is 0. The number of halogens is 1. The second-order valence-corrected chi connectivity index (χ2v) is 6.36. The molecular weight excluding hydrogens is 332 g/mol. The quantitative estimate of drug-likeness (QED) is 0.794. The number of rotatable bonds is 7. The van der Waals surface area contributed by atoms with Crippen LogP contribution in [0.3, 0.4) is 0 Å². The van der Waals surface area contributed by atoms with Gasteiger partial charge in [0.1, 0.15) is 0 Å². The molecule has 0 saturated carbocycles. The molecule has 0 aliphatic rings. The summed E-state index contributed by atoms with van der Waals surface area (Å²) in [5.41, 5.74) is 1.16. The van der Waals surface area contributed by atoms with Crippen LogP contribution < -0.4 is 10.6 Å². The van der Waals surface area contributed by atoms with Crippen LogP contribution in [0.4, 0.5) is 6.01 Å². The SMILES string of the molecule is CC(C)CNCc1nnc(NC(C)c2ccc(Br)cc2)o1. The Morgan fingerprint density at radius 3 is 2.52 bits per heavy atom. The van der Waals surface area contributed by atoms with E-state index >= 15 is 0 Å². The fourth-order valence-corrected chi connectivity index (χ4v) is 2.14. The number of hydrogen-bond donors (Lipinski definition) is 2. The number of nitrogens with one attached hydrogen (secondary N) is 2.